The number of aromatic nitrogens is 2. The van der Waals surface area contributed by atoms with Crippen LogP contribution in [0, 0.1) is 13.8 Å². The van der Waals surface area contributed by atoms with E-state index in [2.05, 4.69) is 20.6 Å². The third-order valence-electron chi connectivity index (χ3n) is 3.54. The molecule has 0 aliphatic heterocycles. The first-order chi connectivity index (χ1) is 10.5. The summed E-state index contributed by atoms with van der Waals surface area (Å²) in [6, 6.07) is 9.11. The fraction of sp³-hybridized carbons (Fsp3) is 0.353. The molecule has 1 aromatic carbocycles. The van der Waals surface area contributed by atoms with Crippen LogP contribution in [0.4, 0.5) is 5.69 Å². The molecule has 0 spiro atoms. The number of nitrogens with one attached hydrogen (secondary N) is 2. The second-order valence-corrected chi connectivity index (χ2v) is 5.42. The van der Waals surface area contributed by atoms with Crippen molar-refractivity contribution in [2.45, 2.75) is 39.8 Å². The van der Waals surface area contributed by atoms with Crippen LogP contribution >= 0.6 is 0 Å². The normalized spacial score (nSPS) is 13.5. The van der Waals surface area contributed by atoms with Gasteiger partial charge in [0.1, 0.15) is 5.82 Å². The number of hydrogen-bond acceptors (Lipinski definition) is 4. The van der Waals surface area contributed by atoms with Crippen LogP contribution in [0.25, 0.3) is 0 Å². The summed E-state index contributed by atoms with van der Waals surface area (Å²) in [5, 5.41) is 6.17. The average Bonchev–Trinajstić information content (AvgIpc) is 2.47. The van der Waals surface area contributed by atoms with Gasteiger partial charge in [0, 0.05) is 29.2 Å². The van der Waals surface area contributed by atoms with Crippen molar-refractivity contribution in [3.8, 4) is 0 Å². The van der Waals surface area contributed by atoms with Gasteiger partial charge in [0.15, 0.2) is 0 Å². The Hall–Kier alpha value is -2.27. The fourth-order valence-electron chi connectivity index (χ4n) is 2.33. The van der Waals surface area contributed by atoms with Crippen molar-refractivity contribution in [2.24, 2.45) is 0 Å². The molecule has 0 bridgehead atoms. The van der Waals surface area contributed by atoms with Gasteiger partial charge in [0.2, 0.25) is 5.91 Å². The predicted molar refractivity (Wildman–Crippen MR) is 87.6 cm³/mol. The Morgan fingerprint density at radius 2 is 1.82 bits per heavy atom. The molecular weight excluding hydrogens is 276 g/mol. The van der Waals surface area contributed by atoms with Crippen molar-refractivity contribution >= 4 is 11.6 Å². The van der Waals surface area contributed by atoms with E-state index in [1.54, 1.807) is 0 Å². The third kappa shape index (κ3) is 4.11. The number of anilines is 1. The molecule has 0 saturated carbocycles. The third-order valence-corrected chi connectivity index (χ3v) is 3.54. The van der Waals surface area contributed by atoms with Gasteiger partial charge in [0.05, 0.1) is 6.04 Å². The lowest BCUT2D eigenvalue weighted by Crippen LogP contribution is -2.39. The molecule has 2 aromatic rings. The molecule has 0 fully saturated rings. The summed E-state index contributed by atoms with van der Waals surface area (Å²) in [4.78, 5) is 20.8. The molecule has 2 N–H and O–H groups in total. The van der Waals surface area contributed by atoms with Crippen molar-refractivity contribution in [3.63, 3.8) is 0 Å². The maximum atomic E-state index is 12.2. The summed E-state index contributed by atoms with van der Waals surface area (Å²) in [7, 11) is 0. The number of amides is 1. The SMILES string of the molecule is Cc1ncc([C@H](C)N[C@H](C)C(=O)Nc2ccccc2)c(C)n1. The van der Waals surface area contributed by atoms with Gasteiger partial charge in [-0.05, 0) is 39.8 Å². The number of nitrogens with zero attached hydrogens (tertiary/aromatic N) is 2. The molecule has 0 aliphatic rings. The molecule has 22 heavy (non-hydrogen) atoms. The molecule has 1 amide bonds. The molecule has 1 aromatic heterocycles. The molecule has 116 valence electrons. The topological polar surface area (TPSA) is 66.9 Å². The molecule has 0 saturated heterocycles. The van der Waals surface area contributed by atoms with E-state index < -0.39 is 0 Å². The maximum Gasteiger partial charge on any atom is 0.241 e. The highest BCUT2D eigenvalue weighted by molar-refractivity contribution is 5.94. The molecule has 2 rings (SSSR count). The van der Waals surface area contributed by atoms with Crippen molar-refractivity contribution in [3.05, 3.63) is 53.6 Å². The van der Waals surface area contributed by atoms with Crippen LogP contribution < -0.4 is 10.6 Å². The summed E-state index contributed by atoms with van der Waals surface area (Å²) in [5.74, 6) is 0.687. The molecule has 0 aliphatic carbocycles. The predicted octanol–water partition coefficient (Wildman–Crippen LogP) is 2.77. The smallest absolute Gasteiger partial charge is 0.241 e. The lowest BCUT2D eigenvalue weighted by atomic mass is 10.1. The zero-order valence-electron chi connectivity index (χ0n) is 13.4. The van der Waals surface area contributed by atoms with Gasteiger partial charge in [-0.15, -0.1) is 0 Å². The Bertz CT molecular complexity index is 642. The van der Waals surface area contributed by atoms with Gasteiger partial charge in [0.25, 0.3) is 0 Å². The van der Waals surface area contributed by atoms with E-state index >= 15 is 0 Å². The van der Waals surface area contributed by atoms with Gasteiger partial charge < -0.3 is 5.32 Å². The van der Waals surface area contributed by atoms with Crippen LogP contribution in [0.5, 0.6) is 0 Å². The lowest BCUT2D eigenvalue weighted by Gasteiger charge is -2.21. The average molecular weight is 298 g/mol. The highest BCUT2D eigenvalue weighted by Gasteiger charge is 2.18. The van der Waals surface area contributed by atoms with Gasteiger partial charge >= 0.3 is 0 Å². The standard InChI is InChI=1S/C17H22N4O/c1-11(16-10-18-14(4)20-12(16)2)19-13(3)17(22)21-15-8-6-5-7-9-15/h5-11,13,19H,1-4H3,(H,21,22)/t11-,13+/m0/s1. The van der Waals surface area contributed by atoms with E-state index in [1.807, 2.05) is 64.2 Å². The number of benzene rings is 1. The number of carbonyl (C=O) groups is 1. The Kier molecular flexibility index (Phi) is 5.22. The van der Waals surface area contributed by atoms with Crippen molar-refractivity contribution in [2.75, 3.05) is 5.32 Å². The summed E-state index contributed by atoms with van der Waals surface area (Å²) in [6.45, 7) is 7.67. The van der Waals surface area contributed by atoms with Crippen molar-refractivity contribution in [1.29, 1.82) is 0 Å². The molecule has 0 radical (unpaired) electrons. The quantitative estimate of drug-likeness (QED) is 0.890. The lowest BCUT2D eigenvalue weighted by molar-refractivity contribution is -0.117. The van der Waals surface area contributed by atoms with Crippen LogP contribution in [0.3, 0.4) is 0 Å². The van der Waals surface area contributed by atoms with Gasteiger partial charge in [-0.3, -0.25) is 10.1 Å². The van der Waals surface area contributed by atoms with E-state index in [0.29, 0.717) is 0 Å². The van der Waals surface area contributed by atoms with Gasteiger partial charge in [-0.25, -0.2) is 9.97 Å². The second kappa shape index (κ2) is 7.13. The van der Waals surface area contributed by atoms with Crippen LogP contribution in [-0.4, -0.2) is 21.9 Å². The monoisotopic (exact) mass is 298 g/mol. The van der Waals surface area contributed by atoms with Gasteiger partial charge in [-0.2, -0.15) is 0 Å². The van der Waals surface area contributed by atoms with E-state index in [4.69, 9.17) is 0 Å². The Morgan fingerprint density at radius 3 is 2.45 bits per heavy atom. The van der Waals surface area contributed by atoms with E-state index in [1.165, 1.54) is 0 Å². The Morgan fingerprint density at radius 1 is 1.14 bits per heavy atom. The highest BCUT2D eigenvalue weighted by Crippen LogP contribution is 2.15. The Labute approximate surface area is 131 Å². The number of rotatable bonds is 5. The summed E-state index contributed by atoms with van der Waals surface area (Å²) >= 11 is 0. The molecule has 0 unspecified atom stereocenters. The first-order valence-electron chi connectivity index (χ1n) is 7.39. The number of para-hydroxylation sites is 1. The summed E-state index contributed by atoms with van der Waals surface area (Å²) < 4.78 is 0. The first kappa shape index (κ1) is 16.1. The second-order valence-electron chi connectivity index (χ2n) is 5.42. The number of hydrogen-bond donors (Lipinski definition) is 2. The van der Waals surface area contributed by atoms with Crippen LogP contribution in [-0.2, 0) is 4.79 Å². The first-order valence-corrected chi connectivity index (χ1v) is 7.39. The van der Waals surface area contributed by atoms with Crippen molar-refractivity contribution < 1.29 is 4.79 Å². The maximum absolute atomic E-state index is 12.2. The van der Waals surface area contributed by atoms with E-state index in [9.17, 15) is 4.79 Å². The number of aryl methyl sites for hydroxylation is 2. The largest absolute Gasteiger partial charge is 0.325 e. The Balaban J connectivity index is 1.98. The summed E-state index contributed by atoms with van der Waals surface area (Å²) in [6.07, 6.45) is 1.82. The van der Waals surface area contributed by atoms with E-state index in [0.717, 1.165) is 22.8 Å². The highest BCUT2D eigenvalue weighted by atomic mass is 16.2. The van der Waals surface area contributed by atoms with Crippen LogP contribution in [0.15, 0.2) is 36.5 Å². The molecule has 1 heterocycles. The minimum Gasteiger partial charge on any atom is -0.325 e. The molecular formula is C17H22N4O. The molecule has 2 atom stereocenters. The number of carbonyl (C=O) groups excluding carboxylic acids is 1. The van der Waals surface area contributed by atoms with E-state index in [-0.39, 0.29) is 18.0 Å². The van der Waals surface area contributed by atoms with Crippen LogP contribution in [0.1, 0.15) is 37.0 Å². The zero-order chi connectivity index (χ0) is 16.1. The minimum absolute atomic E-state index is 0.00266. The van der Waals surface area contributed by atoms with Crippen LogP contribution in [0.2, 0.25) is 0 Å². The molecule has 5 heteroatoms. The van der Waals surface area contributed by atoms with Gasteiger partial charge in [-0.1, -0.05) is 18.2 Å². The van der Waals surface area contributed by atoms with Crippen molar-refractivity contribution in [1.82, 2.24) is 15.3 Å². The minimum atomic E-state index is -0.323. The summed E-state index contributed by atoms with van der Waals surface area (Å²) in [5.41, 5.74) is 2.73. The fourth-order valence-corrected chi connectivity index (χ4v) is 2.33. The zero-order valence-corrected chi connectivity index (χ0v) is 13.4. The molecule has 5 nitrogen and oxygen atoms in total.